The predicted molar refractivity (Wildman–Crippen MR) is 138 cm³/mol. The summed E-state index contributed by atoms with van der Waals surface area (Å²) in [5.41, 5.74) is 2.35. The number of carbonyl (C=O) groups is 2. The second-order valence-electron chi connectivity index (χ2n) is 8.83. The minimum absolute atomic E-state index is 0.0996. The monoisotopic (exact) mass is 512 g/mol. The van der Waals surface area contributed by atoms with E-state index in [1.807, 2.05) is 20.8 Å². The number of aliphatic hydroxyl groups is 1. The minimum Gasteiger partial charge on any atom is -0.392 e. The first-order valence-electron chi connectivity index (χ1n) is 10.8. The van der Waals surface area contributed by atoms with E-state index in [0.717, 1.165) is 0 Å². The van der Waals surface area contributed by atoms with E-state index in [2.05, 4.69) is 27.6 Å². The van der Waals surface area contributed by atoms with E-state index in [4.69, 9.17) is 23.2 Å². The number of amides is 2. The lowest BCUT2D eigenvalue weighted by molar-refractivity contribution is -0.118. The molecule has 1 aromatic heterocycles. The van der Waals surface area contributed by atoms with Crippen molar-refractivity contribution in [2.45, 2.75) is 39.8 Å². The highest BCUT2D eigenvalue weighted by atomic mass is 35.5. The van der Waals surface area contributed by atoms with Gasteiger partial charge in [0.05, 0.1) is 29.6 Å². The van der Waals surface area contributed by atoms with E-state index < -0.39 is 18.1 Å². The fraction of sp³-hybridized carbons (Fsp3) is 0.269. The number of carbonyl (C=O) groups excluding carboxylic acids is 2. The molecule has 0 saturated carbocycles. The Labute approximate surface area is 214 Å². The van der Waals surface area contributed by atoms with Gasteiger partial charge < -0.3 is 15.7 Å². The summed E-state index contributed by atoms with van der Waals surface area (Å²) in [5, 5.41) is 21.2. The molecule has 0 aliphatic heterocycles. The summed E-state index contributed by atoms with van der Waals surface area (Å²) in [6, 6.07) is 12.2. The first-order valence-corrected chi connectivity index (χ1v) is 11.6. The van der Waals surface area contributed by atoms with Gasteiger partial charge in [-0.1, -0.05) is 47.2 Å². The maximum Gasteiger partial charge on any atom is 0.272 e. The second-order valence-corrected chi connectivity index (χ2v) is 9.68. The number of nitrogens with one attached hydrogen (secondary N) is 2. The fourth-order valence-corrected chi connectivity index (χ4v) is 3.72. The molecule has 0 atom stereocenters. The number of aromatic nitrogens is 2. The smallest absolute Gasteiger partial charge is 0.272 e. The normalized spacial score (nSPS) is 10.9. The van der Waals surface area contributed by atoms with Crippen molar-refractivity contribution in [1.82, 2.24) is 20.4 Å². The topological polar surface area (TPSA) is 96.2 Å². The maximum absolute atomic E-state index is 13.1. The molecule has 7 nitrogen and oxygen atoms in total. The van der Waals surface area contributed by atoms with Crippen LogP contribution in [0.25, 0.3) is 16.9 Å². The minimum atomic E-state index is -0.497. The third kappa shape index (κ3) is 6.64. The molecule has 0 spiro atoms. The molecule has 0 aliphatic carbocycles. The molecule has 0 aliphatic rings. The highest BCUT2D eigenvalue weighted by Crippen LogP contribution is 2.33. The lowest BCUT2D eigenvalue weighted by Crippen LogP contribution is -2.41. The van der Waals surface area contributed by atoms with Gasteiger partial charge in [-0.15, -0.1) is 0 Å². The van der Waals surface area contributed by atoms with Crippen molar-refractivity contribution in [1.29, 1.82) is 0 Å². The summed E-state index contributed by atoms with van der Waals surface area (Å²) in [6.45, 7) is 6.83. The average Bonchev–Trinajstić information content (AvgIpc) is 3.15. The maximum atomic E-state index is 13.1. The van der Waals surface area contributed by atoms with Crippen LogP contribution in [0, 0.1) is 11.8 Å². The second kappa shape index (κ2) is 11.0. The number of hydrogen-bond donors (Lipinski definition) is 3. The largest absolute Gasteiger partial charge is 0.392 e. The van der Waals surface area contributed by atoms with Crippen LogP contribution in [0.15, 0.2) is 42.5 Å². The Morgan fingerprint density at radius 1 is 1.11 bits per heavy atom. The summed E-state index contributed by atoms with van der Waals surface area (Å²) < 4.78 is 1.54. The lowest BCUT2D eigenvalue weighted by atomic mass is 10.0. The van der Waals surface area contributed by atoms with Gasteiger partial charge >= 0.3 is 0 Å². The van der Waals surface area contributed by atoms with Crippen LogP contribution in [0.3, 0.4) is 0 Å². The summed E-state index contributed by atoms with van der Waals surface area (Å²) in [7, 11) is 0. The number of halogens is 2. The molecular formula is C26H26Cl2N4O3. The van der Waals surface area contributed by atoms with Crippen LogP contribution in [-0.4, -0.2) is 38.8 Å². The van der Waals surface area contributed by atoms with Crippen LogP contribution in [-0.2, 0) is 11.4 Å². The molecule has 2 amide bonds. The zero-order valence-corrected chi connectivity index (χ0v) is 21.4. The van der Waals surface area contributed by atoms with Gasteiger partial charge in [0.1, 0.15) is 0 Å². The van der Waals surface area contributed by atoms with Gasteiger partial charge in [-0.2, -0.15) is 5.10 Å². The van der Waals surface area contributed by atoms with Gasteiger partial charge in [-0.25, -0.2) is 4.68 Å². The predicted octanol–water partition coefficient (Wildman–Crippen LogP) is 4.35. The average molecular weight is 513 g/mol. The number of benzene rings is 2. The van der Waals surface area contributed by atoms with Crippen LogP contribution in [0.5, 0.6) is 0 Å². The highest BCUT2D eigenvalue weighted by Gasteiger charge is 2.27. The van der Waals surface area contributed by atoms with Gasteiger partial charge in [-0.3, -0.25) is 9.59 Å². The Morgan fingerprint density at radius 2 is 1.80 bits per heavy atom. The van der Waals surface area contributed by atoms with Crippen LogP contribution in [0.1, 0.15) is 49.3 Å². The van der Waals surface area contributed by atoms with E-state index in [9.17, 15) is 14.7 Å². The fourth-order valence-electron chi connectivity index (χ4n) is 3.33. The third-order valence-corrected chi connectivity index (χ3v) is 5.35. The molecule has 35 heavy (non-hydrogen) atoms. The van der Waals surface area contributed by atoms with Gasteiger partial charge in [0.2, 0.25) is 5.91 Å². The molecule has 3 N–H and O–H groups in total. The molecule has 0 unspecified atom stereocenters. The number of nitrogens with zero attached hydrogens (tertiary/aromatic N) is 2. The number of rotatable bonds is 5. The van der Waals surface area contributed by atoms with Crippen molar-refractivity contribution in [2.75, 3.05) is 6.54 Å². The van der Waals surface area contributed by atoms with Gasteiger partial charge in [-0.05, 0) is 51.1 Å². The molecule has 0 fully saturated rings. The molecule has 2 aromatic carbocycles. The number of aliphatic hydroxyl groups excluding tert-OH is 1. The molecular weight excluding hydrogens is 487 g/mol. The van der Waals surface area contributed by atoms with Crippen molar-refractivity contribution >= 4 is 35.0 Å². The van der Waals surface area contributed by atoms with Crippen molar-refractivity contribution < 1.29 is 14.7 Å². The molecule has 0 radical (unpaired) electrons. The molecule has 0 saturated heterocycles. The first kappa shape index (κ1) is 26.3. The Bertz CT molecular complexity index is 1310. The van der Waals surface area contributed by atoms with E-state index in [1.165, 1.54) is 6.92 Å². The Morgan fingerprint density at radius 3 is 2.37 bits per heavy atom. The molecule has 0 bridgehead atoms. The van der Waals surface area contributed by atoms with Crippen LogP contribution < -0.4 is 10.6 Å². The van der Waals surface area contributed by atoms with Gasteiger partial charge in [0.15, 0.2) is 5.69 Å². The van der Waals surface area contributed by atoms with Crippen LogP contribution >= 0.6 is 23.2 Å². The third-order valence-electron chi connectivity index (χ3n) is 4.80. The quantitative estimate of drug-likeness (QED) is 0.442. The van der Waals surface area contributed by atoms with Crippen LogP contribution in [0.4, 0.5) is 0 Å². The summed E-state index contributed by atoms with van der Waals surface area (Å²) >= 11 is 12.7. The molecule has 3 aromatic rings. The first-order chi connectivity index (χ1) is 16.5. The summed E-state index contributed by atoms with van der Waals surface area (Å²) in [5.74, 6) is 5.24. The van der Waals surface area contributed by atoms with Gasteiger partial charge in [0, 0.05) is 34.2 Å². The standard InChI is InChI=1S/C26H26Cl2N4O3/c1-16(34)29-13-5-6-17-7-12-22(21(28)14-17)32-24(18-8-10-19(27)11-9-18)20(15-33)23(31-32)25(35)30-26(2,3)4/h7-12,14,33H,13,15H2,1-4H3,(H,29,34)(H,30,35). The van der Waals surface area contributed by atoms with Crippen molar-refractivity contribution in [2.24, 2.45) is 0 Å². The molecule has 3 rings (SSSR count). The Kier molecular flexibility index (Phi) is 8.23. The van der Waals surface area contributed by atoms with Crippen LogP contribution in [0.2, 0.25) is 10.0 Å². The van der Waals surface area contributed by atoms with Crippen molar-refractivity contribution in [3.05, 3.63) is 69.3 Å². The van der Waals surface area contributed by atoms with E-state index in [0.29, 0.717) is 38.1 Å². The molecule has 1 heterocycles. The van der Waals surface area contributed by atoms with Crippen molar-refractivity contribution in [3.8, 4) is 28.8 Å². The van der Waals surface area contributed by atoms with E-state index >= 15 is 0 Å². The van der Waals surface area contributed by atoms with E-state index in [1.54, 1.807) is 47.1 Å². The Balaban J connectivity index is 2.14. The summed E-state index contributed by atoms with van der Waals surface area (Å²) in [4.78, 5) is 24.0. The van der Waals surface area contributed by atoms with Crippen molar-refractivity contribution in [3.63, 3.8) is 0 Å². The zero-order chi connectivity index (χ0) is 25.8. The summed E-state index contributed by atoms with van der Waals surface area (Å²) in [6.07, 6.45) is 0. The van der Waals surface area contributed by atoms with Gasteiger partial charge in [0.25, 0.3) is 5.91 Å². The highest BCUT2D eigenvalue weighted by molar-refractivity contribution is 6.32. The Hall–Kier alpha value is -3.31. The molecule has 182 valence electrons. The zero-order valence-electron chi connectivity index (χ0n) is 19.9. The van der Waals surface area contributed by atoms with E-state index in [-0.39, 0.29) is 18.1 Å². The number of hydrogen-bond acceptors (Lipinski definition) is 4. The molecule has 9 heteroatoms. The lowest BCUT2D eigenvalue weighted by Gasteiger charge is -2.19. The SMILES string of the molecule is CC(=O)NCC#Cc1ccc(-n2nc(C(=O)NC(C)(C)C)c(CO)c2-c2ccc(Cl)cc2)c(Cl)c1.